The second-order valence-electron chi connectivity index (χ2n) is 11.8. The lowest BCUT2D eigenvalue weighted by molar-refractivity contribution is -0.286. The molecule has 5 rings (SSSR count). The molecule has 1 amide bonds. The predicted octanol–water partition coefficient (Wildman–Crippen LogP) is 3.16. The summed E-state index contributed by atoms with van der Waals surface area (Å²) in [6, 6.07) is 8.75. The second kappa shape index (κ2) is 11.6. The lowest BCUT2D eigenvalue weighted by Gasteiger charge is -2.28. The van der Waals surface area contributed by atoms with E-state index in [0.29, 0.717) is 35.7 Å². The van der Waals surface area contributed by atoms with Crippen LogP contribution in [0.4, 0.5) is 18.9 Å². The molecule has 0 saturated heterocycles. The monoisotopic (exact) mass is 608 g/mol. The first-order valence-electron chi connectivity index (χ1n) is 14.0. The van der Waals surface area contributed by atoms with Crippen LogP contribution in [0.15, 0.2) is 36.4 Å². The number of carbonyl (C=O) groups excluding carboxylic acids is 1. The first-order chi connectivity index (χ1) is 20.3. The Labute approximate surface area is 245 Å². The number of aliphatic hydroxyl groups excluding tert-OH is 4. The van der Waals surface area contributed by atoms with Crippen LogP contribution in [0.3, 0.4) is 0 Å². The number of hydrogen-bond acceptors (Lipinski definition) is 8. The molecule has 2 aliphatic rings. The van der Waals surface area contributed by atoms with Gasteiger partial charge in [-0.05, 0) is 49.1 Å². The summed E-state index contributed by atoms with van der Waals surface area (Å²) in [5.41, 5.74) is -0.0477. The third-order valence-corrected chi connectivity index (χ3v) is 8.07. The van der Waals surface area contributed by atoms with Crippen molar-refractivity contribution in [2.75, 3.05) is 31.7 Å². The fraction of sp³-hybridized carbons (Fsp3) is 0.500. The molecule has 0 spiro atoms. The van der Waals surface area contributed by atoms with E-state index in [9.17, 15) is 28.9 Å². The van der Waals surface area contributed by atoms with Gasteiger partial charge in [-0.25, -0.2) is 4.39 Å². The molecule has 10 nitrogen and oxygen atoms in total. The summed E-state index contributed by atoms with van der Waals surface area (Å²) >= 11 is 0. The third kappa shape index (κ3) is 6.31. The predicted molar refractivity (Wildman–Crippen MR) is 149 cm³/mol. The van der Waals surface area contributed by atoms with Gasteiger partial charge < -0.3 is 44.5 Å². The fourth-order valence-corrected chi connectivity index (χ4v) is 5.39. The minimum absolute atomic E-state index is 0.0136. The molecule has 43 heavy (non-hydrogen) atoms. The highest BCUT2D eigenvalue weighted by Crippen LogP contribution is 2.52. The van der Waals surface area contributed by atoms with E-state index in [1.807, 2.05) is 19.9 Å². The van der Waals surface area contributed by atoms with Crippen molar-refractivity contribution in [2.45, 2.75) is 69.0 Å². The number of aromatic nitrogens is 1. The van der Waals surface area contributed by atoms with E-state index in [4.69, 9.17) is 9.84 Å². The van der Waals surface area contributed by atoms with Crippen molar-refractivity contribution in [3.8, 4) is 11.5 Å². The summed E-state index contributed by atoms with van der Waals surface area (Å²) < 4.78 is 58.7. The van der Waals surface area contributed by atoms with Crippen LogP contribution in [0, 0.1) is 5.82 Å². The summed E-state index contributed by atoms with van der Waals surface area (Å²) in [6.45, 7) is 3.16. The zero-order chi connectivity index (χ0) is 31.2. The lowest BCUT2D eigenvalue weighted by Crippen LogP contribution is -2.29. The number of rotatable bonds is 13. The Morgan fingerprint density at radius 2 is 1.77 bits per heavy atom. The van der Waals surface area contributed by atoms with Crippen molar-refractivity contribution >= 4 is 22.5 Å². The van der Waals surface area contributed by atoms with Crippen LogP contribution < -0.4 is 14.8 Å². The molecule has 1 aliphatic heterocycles. The number of alkyl halides is 2. The summed E-state index contributed by atoms with van der Waals surface area (Å²) in [7, 11) is 0. The summed E-state index contributed by atoms with van der Waals surface area (Å²) in [5, 5.41) is 41.5. The van der Waals surface area contributed by atoms with Crippen LogP contribution in [0.25, 0.3) is 10.9 Å². The standard InChI is InChI=1S/C30H35F3N2O8/c1-28(2,7-8-41-16-20(39)15-37)26-10-17-9-22(21(31)12-23(17)35(26)13-19(38)14-36)34-27(40)29(5-6-29)18-3-4-24-25(11-18)43-30(32,33)42-24/h3-4,9-12,19-20,36-39H,5-8,13-16H2,1-2H3,(H,34,40)/t19-,20-/m1/s1. The minimum Gasteiger partial charge on any atom is -0.395 e. The number of amides is 1. The van der Waals surface area contributed by atoms with Gasteiger partial charge in [-0.3, -0.25) is 4.79 Å². The number of hydrogen-bond donors (Lipinski definition) is 5. The number of fused-ring (bicyclic) bond motifs is 2. The first kappa shape index (κ1) is 31.1. The Kier molecular flexibility index (Phi) is 8.40. The molecule has 2 heterocycles. The van der Waals surface area contributed by atoms with Crippen molar-refractivity contribution in [2.24, 2.45) is 0 Å². The molecule has 2 atom stereocenters. The molecule has 0 unspecified atom stereocenters. The van der Waals surface area contributed by atoms with E-state index in [0.717, 1.165) is 5.69 Å². The molecule has 2 aromatic carbocycles. The molecular weight excluding hydrogens is 573 g/mol. The molecule has 13 heteroatoms. The maximum absolute atomic E-state index is 15.5. The molecule has 234 valence electrons. The maximum Gasteiger partial charge on any atom is 0.586 e. The normalized spacial score (nSPS) is 18.1. The van der Waals surface area contributed by atoms with E-state index in [1.54, 1.807) is 4.57 Å². The van der Waals surface area contributed by atoms with E-state index in [2.05, 4.69) is 14.8 Å². The third-order valence-electron chi connectivity index (χ3n) is 8.07. The van der Waals surface area contributed by atoms with Crippen LogP contribution in [-0.4, -0.2) is 75.8 Å². The minimum atomic E-state index is -3.79. The van der Waals surface area contributed by atoms with Gasteiger partial charge in [0.2, 0.25) is 5.91 Å². The molecule has 1 fully saturated rings. The van der Waals surface area contributed by atoms with Gasteiger partial charge in [0.1, 0.15) is 11.9 Å². The van der Waals surface area contributed by atoms with Crippen LogP contribution in [0.5, 0.6) is 11.5 Å². The van der Waals surface area contributed by atoms with Crippen molar-refractivity contribution in [1.82, 2.24) is 4.57 Å². The average Bonchev–Trinajstić information content (AvgIpc) is 3.61. The van der Waals surface area contributed by atoms with Gasteiger partial charge in [0, 0.05) is 29.2 Å². The molecule has 3 aromatic rings. The molecule has 0 bridgehead atoms. The number of anilines is 1. The van der Waals surface area contributed by atoms with Crippen molar-refractivity contribution in [3.05, 3.63) is 53.5 Å². The van der Waals surface area contributed by atoms with Gasteiger partial charge in [0.25, 0.3) is 0 Å². The number of halogens is 3. The van der Waals surface area contributed by atoms with Crippen LogP contribution in [-0.2, 0) is 26.9 Å². The van der Waals surface area contributed by atoms with Crippen LogP contribution >= 0.6 is 0 Å². The van der Waals surface area contributed by atoms with Gasteiger partial charge in [-0.2, -0.15) is 0 Å². The van der Waals surface area contributed by atoms with Crippen LogP contribution in [0.1, 0.15) is 44.4 Å². The van der Waals surface area contributed by atoms with E-state index < -0.39 is 54.3 Å². The van der Waals surface area contributed by atoms with Crippen molar-refractivity contribution in [1.29, 1.82) is 0 Å². The summed E-state index contributed by atoms with van der Waals surface area (Å²) in [5.74, 6) is -1.52. The fourth-order valence-electron chi connectivity index (χ4n) is 5.39. The van der Waals surface area contributed by atoms with Gasteiger partial charge in [0.05, 0.1) is 49.1 Å². The number of nitrogens with zero attached hydrogens (tertiary/aromatic N) is 1. The quantitative estimate of drug-likeness (QED) is 0.186. The zero-order valence-electron chi connectivity index (χ0n) is 23.8. The highest BCUT2D eigenvalue weighted by atomic mass is 19.3. The Balaban J connectivity index is 1.40. The molecule has 1 aromatic heterocycles. The Hall–Kier alpha value is -3.36. The van der Waals surface area contributed by atoms with E-state index >= 15 is 4.39 Å². The maximum atomic E-state index is 15.5. The summed E-state index contributed by atoms with van der Waals surface area (Å²) in [6.07, 6.45) is -4.54. The largest absolute Gasteiger partial charge is 0.586 e. The highest BCUT2D eigenvalue weighted by Gasteiger charge is 2.53. The molecule has 0 radical (unpaired) electrons. The number of ether oxygens (including phenoxy) is 3. The smallest absolute Gasteiger partial charge is 0.395 e. The SMILES string of the molecule is CC(C)(CCOC[C@H](O)CO)c1cc2cc(NC(=O)C3(c4ccc5c(c4)OC(F)(F)O5)CC3)c(F)cc2n1C[C@@H](O)CO. The van der Waals surface area contributed by atoms with Crippen molar-refractivity contribution in [3.63, 3.8) is 0 Å². The first-order valence-corrected chi connectivity index (χ1v) is 14.0. The zero-order valence-corrected chi connectivity index (χ0v) is 23.8. The average molecular weight is 609 g/mol. The van der Waals surface area contributed by atoms with Crippen LogP contribution in [0.2, 0.25) is 0 Å². The van der Waals surface area contributed by atoms with Gasteiger partial charge in [-0.1, -0.05) is 19.9 Å². The number of carbonyl (C=O) groups is 1. The Bertz CT molecular complexity index is 1500. The number of aliphatic hydroxyl groups is 4. The van der Waals surface area contributed by atoms with E-state index in [1.165, 1.54) is 30.3 Å². The number of nitrogens with one attached hydrogen (secondary N) is 1. The van der Waals surface area contributed by atoms with Gasteiger partial charge in [0.15, 0.2) is 11.5 Å². The molecule has 1 saturated carbocycles. The summed E-state index contributed by atoms with van der Waals surface area (Å²) in [4.78, 5) is 13.4. The van der Waals surface area contributed by atoms with E-state index in [-0.39, 0.29) is 36.9 Å². The molecule has 1 aliphatic carbocycles. The molecular formula is C30H35F3N2O8. The lowest BCUT2D eigenvalue weighted by atomic mass is 9.85. The second-order valence-corrected chi connectivity index (χ2v) is 11.8. The highest BCUT2D eigenvalue weighted by molar-refractivity contribution is 6.03. The van der Waals surface area contributed by atoms with Gasteiger partial charge in [-0.15, -0.1) is 8.78 Å². The molecule has 5 N–H and O–H groups in total. The number of benzene rings is 2. The van der Waals surface area contributed by atoms with Crippen molar-refractivity contribution < 1.29 is 52.6 Å². The Morgan fingerprint density at radius 1 is 1.07 bits per heavy atom. The topological polar surface area (TPSA) is 143 Å². The van der Waals surface area contributed by atoms with Gasteiger partial charge >= 0.3 is 6.29 Å². The Morgan fingerprint density at radius 3 is 2.44 bits per heavy atom.